The summed E-state index contributed by atoms with van der Waals surface area (Å²) in [6.07, 6.45) is 1.95. The van der Waals surface area contributed by atoms with Crippen LogP contribution in [0.15, 0.2) is 0 Å². The quantitative estimate of drug-likeness (QED) is 0.577. The van der Waals surface area contributed by atoms with Gasteiger partial charge in [0.1, 0.15) is 5.54 Å². The Morgan fingerprint density at radius 3 is 2.73 bits per heavy atom. The number of carboxylic acids is 1. The molecular weight excluding hydrogens is 146 g/mol. The van der Waals surface area contributed by atoms with Gasteiger partial charge in [-0.1, -0.05) is 0 Å². The van der Waals surface area contributed by atoms with Gasteiger partial charge >= 0.3 is 5.97 Å². The molecule has 1 aliphatic heterocycles. The highest BCUT2D eigenvalue weighted by Crippen LogP contribution is 2.27. The minimum Gasteiger partial charge on any atom is -0.480 e. The molecule has 11 heavy (non-hydrogen) atoms. The van der Waals surface area contributed by atoms with Crippen LogP contribution in [0.1, 0.15) is 19.8 Å². The van der Waals surface area contributed by atoms with Crippen molar-refractivity contribution >= 4 is 12.4 Å². The van der Waals surface area contributed by atoms with Gasteiger partial charge in [-0.15, -0.1) is 0 Å². The Hall–Kier alpha value is -1.06. The molecule has 0 saturated carbocycles. The summed E-state index contributed by atoms with van der Waals surface area (Å²) in [7, 11) is 0. The van der Waals surface area contributed by atoms with Crippen LogP contribution in [0.25, 0.3) is 0 Å². The van der Waals surface area contributed by atoms with Crippen molar-refractivity contribution in [2.24, 2.45) is 0 Å². The number of hydrogen-bond acceptors (Lipinski definition) is 2. The molecule has 62 valence electrons. The van der Waals surface area contributed by atoms with Crippen molar-refractivity contribution in [3.8, 4) is 0 Å². The Morgan fingerprint density at radius 2 is 2.36 bits per heavy atom. The number of likely N-dealkylation sites (tertiary alicyclic amines) is 1. The van der Waals surface area contributed by atoms with Crippen LogP contribution in [0.5, 0.6) is 0 Å². The fraction of sp³-hybridized carbons (Fsp3) is 0.714. The topological polar surface area (TPSA) is 57.6 Å². The number of hydrogen-bond donors (Lipinski definition) is 1. The molecule has 1 heterocycles. The standard InChI is InChI=1S/C7H11NO3/c1-7(6(10)11)3-2-4-8(7)5-9/h5H,2-4H2,1H3,(H,10,11). The van der Waals surface area contributed by atoms with Crippen molar-refractivity contribution in [1.29, 1.82) is 0 Å². The molecule has 4 nitrogen and oxygen atoms in total. The first-order chi connectivity index (χ1) is 5.11. The van der Waals surface area contributed by atoms with Gasteiger partial charge in [0.15, 0.2) is 0 Å². The van der Waals surface area contributed by atoms with Crippen LogP contribution in [-0.2, 0) is 9.59 Å². The van der Waals surface area contributed by atoms with E-state index in [0.29, 0.717) is 19.4 Å². The van der Waals surface area contributed by atoms with Gasteiger partial charge in [0.05, 0.1) is 0 Å². The highest BCUT2D eigenvalue weighted by molar-refractivity contribution is 5.81. The minimum absolute atomic E-state index is 0.557. The summed E-state index contributed by atoms with van der Waals surface area (Å²) in [6.45, 7) is 2.14. The Morgan fingerprint density at radius 1 is 1.73 bits per heavy atom. The smallest absolute Gasteiger partial charge is 0.329 e. The lowest BCUT2D eigenvalue weighted by Crippen LogP contribution is -2.47. The van der Waals surface area contributed by atoms with E-state index >= 15 is 0 Å². The zero-order valence-corrected chi connectivity index (χ0v) is 6.41. The van der Waals surface area contributed by atoms with Gasteiger partial charge in [-0.3, -0.25) is 4.79 Å². The Balaban J connectivity index is 2.83. The maximum atomic E-state index is 10.7. The molecule has 0 aromatic heterocycles. The molecule has 1 saturated heterocycles. The van der Waals surface area contributed by atoms with Gasteiger partial charge < -0.3 is 10.0 Å². The summed E-state index contributed by atoms with van der Waals surface area (Å²) >= 11 is 0. The van der Waals surface area contributed by atoms with E-state index in [-0.39, 0.29) is 0 Å². The lowest BCUT2D eigenvalue weighted by atomic mass is 10.00. The lowest BCUT2D eigenvalue weighted by Gasteiger charge is -2.27. The fourth-order valence-corrected chi connectivity index (χ4v) is 1.38. The van der Waals surface area contributed by atoms with E-state index in [4.69, 9.17) is 5.11 Å². The van der Waals surface area contributed by atoms with Gasteiger partial charge in [0.2, 0.25) is 6.41 Å². The van der Waals surface area contributed by atoms with Crippen LogP contribution in [-0.4, -0.2) is 34.5 Å². The second-order valence-electron chi connectivity index (χ2n) is 2.98. The van der Waals surface area contributed by atoms with Crippen LogP contribution in [0.2, 0.25) is 0 Å². The molecule has 1 amide bonds. The number of rotatable bonds is 2. The highest BCUT2D eigenvalue weighted by Gasteiger charge is 2.42. The average molecular weight is 157 g/mol. The first kappa shape index (κ1) is 8.04. The number of carbonyl (C=O) groups excluding carboxylic acids is 1. The molecule has 0 bridgehead atoms. The predicted octanol–water partition coefficient (Wildman–Crippen LogP) is 0.0819. The monoisotopic (exact) mass is 157 g/mol. The van der Waals surface area contributed by atoms with Gasteiger partial charge in [-0.25, -0.2) is 4.79 Å². The van der Waals surface area contributed by atoms with Crippen LogP contribution >= 0.6 is 0 Å². The number of nitrogens with zero attached hydrogens (tertiary/aromatic N) is 1. The van der Waals surface area contributed by atoms with Crippen molar-refractivity contribution in [3.05, 3.63) is 0 Å². The number of amides is 1. The second kappa shape index (κ2) is 2.53. The summed E-state index contributed by atoms with van der Waals surface area (Å²) in [4.78, 5) is 22.4. The van der Waals surface area contributed by atoms with Crippen LogP contribution < -0.4 is 0 Å². The molecule has 1 N–H and O–H groups in total. The Labute approximate surface area is 64.8 Å². The number of aliphatic carboxylic acids is 1. The third kappa shape index (κ3) is 1.08. The molecule has 1 fully saturated rings. The zero-order chi connectivity index (χ0) is 8.48. The Kier molecular flexibility index (Phi) is 1.85. The third-order valence-corrected chi connectivity index (χ3v) is 2.28. The summed E-state index contributed by atoms with van der Waals surface area (Å²) in [5, 5.41) is 8.77. The third-order valence-electron chi connectivity index (χ3n) is 2.28. The predicted molar refractivity (Wildman–Crippen MR) is 38.0 cm³/mol. The number of carbonyl (C=O) groups is 2. The zero-order valence-electron chi connectivity index (χ0n) is 6.41. The molecule has 1 unspecified atom stereocenters. The van der Waals surface area contributed by atoms with E-state index in [1.807, 2.05) is 0 Å². The van der Waals surface area contributed by atoms with Gasteiger partial charge in [-0.2, -0.15) is 0 Å². The van der Waals surface area contributed by atoms with Gasteiger partial charge in [0, 0.05) is 6.54 Å². The van der Waals surface area contributed by atoms with E-state index in [1.54, 1.807) is 6.92 Å². The van der Waals surface area contributed by atoms with Crippen molar-refractivity contribution in [1.82, 2.24) is 4.90 Å². The molecule has 4 heteroatoms. The van der Waals surface area contributed by atoms with Crippen molar-refractivity contribution in [2.75, 3.05) is 6.54 Å². The van der Waals surface area contributed by atoms with Crippen molar-refractivity contribution in [2.45, 2.75) is 25.3 Å². The lowest BCUT2D eigenvalue weighted by molar-refractivity contribution is -0.151. The van der Waals surface area contributed by atoms with Crippen LogP contribution in [0.3, 0.4) is 0 Å². The molecule has 0 aromatic rings. The molecule has 1 atom stereocenters. The molecule has 0 radical (unpaired) electrons. The summed E-state index contributed by atoms with van der Waals surface area (Å²) in [6, 6.07) is 0. The molecule has 0 aliphatic carbocycles. The highest BCUT2D eigenvalue weighted by atomic mass is 16.4. The maximum absolute atomic E-state index is 10.7. The fourth-order valence-electron chi connectivity index (χ4n) is 1.38. The summed E-state index contributed by atoms with van der Waals surface area (Å²) < 4.78 is 0. The SMILES string of the molecule is CC1(C(=O)O)CCCN1C=O. The number of carboxylic acid groups (broad SMARTS) is 1. The second-order valence-corrected chi connectivity index (χ2v) is 2.98. The van der Waals surface area contributed by atoms with E-state index in [1.165, 1.54) is 4.90 Å². The van der Waals surface area contributed by atoms with Crippen molar-refractivity contribution in [3.63, 3.8) is 0 Å². The van der Waals surface area contributed by atoms with Crippen LogP contribution in [0.4, 0.5) is 0 Å². The summed E-state index contributed by atoms with van der Waals surface area (Å²) in [5.74, 6) is -0.915. The molecule has 1 rings (SSSR count). The first-order valence-corrected chi connectivity index (χ1v) is 3.57. The van der Waals surface area contributed by atoms with Gasteiger partial charge in [-0.05, 0) is 19.8 Å². The van der Waals surface area contributed by atoms with Crippen LogP contribution in [0, 0.1) is 0 Å². The van der Waals surface area contributed by atoms with E-state index in [9.17, 15) is 9.59 Å². The van der Waals surface area contributed by atoms with E-state index in [0.717, 1.165) is 6.42 Å². The maximum Gasteiger partial charge on any atom is 0.329 e. The molecule has 0 aromatic carbocycles. The van der Waals surface area contributed by atoms with Crippen molar-refractivity contribution < 1.29 is 14.7 Å². The minimum atomic E-state index is -0.957. The average Bonchev–Trinajstić information content (AvgIpc) is 2.32. The van der Waals surface area contributed by atoms with E-state index in [2.05, 4.69) is 0 Å². The largest absolute Gasteiger partial charge is 0.480 e. The Bertz CT molecular complexity index is 192. The molecule has 1 aliphatic rings. The first-order valence-electron chi connectivity index (χ1n) is 3.57. The normalized spacial score (nSPS) is 30.5. The molecule has 0 spiro atoms. The summed E-state index contributed by atoms with van der Waals surface area (Å²) in [5.41, 5.74) is -0.957. The molecular formula is C7H11NO3. The van der Waals surface area contributed by atoms with E-state index < -0.39 is 11.5 Å². The van der Waals surface area contributed by atoms with Gasteiger partial charge in [0.25, 0.3) is 0 Å².